The molecule has 1 heterocycles. The summed E-state index contributed by atoms with van der Waals surface area (Å²) < 4.78 is 2.70. The van der Waals surface area contributed by atoms with Crippen LogP contribution in [0.5, 0.6) is 0 Å². The Kier molecular flexibility index (Phi) is 6.75. The van der Waals surface area contributed by atoms with Gasteiger partial charge in [0.15, 0.2) is 0 Å². The Balaban J connectivity index is 1.03. The minimum Gasteiger partial charge on any atom is -0.311 e. The maximum Gasteiger partial charge on any atom is 0.0462 e. The molecule has 2 heteroatoms. The minimum absolute atomic E-state index is 1.12. The van der Waals surface area contributed by atoms with Gasteiger partial charge in [0.05, 0.1) is 0 Å². The standard InChI is InChI=1S/C48H31NS/c1-2-11-37(12-3-1)49(39-27-22-33(23-28-39)45-31-36-10-4-5-13-40(36)41-14-6-7-15-42(41)45)38-25-20-32(21-26-38)35-19-18-34-24-29-44-43-16-8-9-17-47(43)50-48(44)46(34)30-35/h1-31H. The third-order valence-corrected chi connectivity index (χ3v) is 11.3. The van der Waals surface area contributed by atoms with Crippen LogP contribution in [0.2, 0.25) is 0 Å². The Morgan fingerprint density at radius 3 is 1.68 bits per heavy atom. The minimum atomic E-state index is 1.12. The van der Waals surface area contributed by atoms with Crippen molar-refractivity contribution in [2.24, 2.45) is 0 Å². The molecule has 0 unspecified atom stereocenters. The number of anilines is 3. The number of para-hydroxylation sites is 1. The molecule has 0 saturated heterocycles. The molecule has 0 atom stereocenters. The van der Waals surface area contributed by atoms with E-state index in [1.165, 1.54) is 74.7 Å². The van der Waals surface area contributed by atoms with Crippen molar-refractivity contribution >= 4 is 80.9 Å². The van der Waals surface area contributed by atoms with Gasteiger partial charge in [-0.05, 0) is 104 Å². The highest BCUT2D eigenvalue weighted by Gasteiger charge is 2.15. The van der Waals surface area contributed by atoms with Crippen molar-refractivity contribution in [3.05, 3.63) is 188 Å². The highest BCUT2D eigenvalue weighted by Crippen LogP contribution is 2.41. The van der Waals surface area contributed by atoms with Crippen LogP contribution in [-0.2, 0) is 0 Å². The second kappa shape index (κ2) is 11.7. The van der Waals surface area contributed by atoms with Crippen LogP contribution in [0, 0.1) is 0 Å². The SMILES string of the molecule is c1ccc(N(c2ccc(-c3ccc4ccc5c6ccccc6sc5c4c3)cc2)c2ccc(-c3cc4ccccc4c4ccccc34)cc2)cc1. The summed E-state index contributed by atoms with van der Waals surface area (Å²) >= 11 is 1.89. The highest BCUT2D eigenvalue weighted by atomic mass is 32.1. The van der Waals surface area contributed by atoms with E-state index in [9.17, 15) is 0 Å². The Labute approximate surface area is 294 Å². The summed E-state index contributed by atoms with van der Waals surface area (Å²) in [6.07, 6.45) is 0. The van der Waals surface area contributed by atoms with Crippen LogP contribution >= 0.6 is 11.3 Å². The Morgan fingerprint density at radius 2 is 0.900 bits per heavy atom. The van der Waals surface area contributed by atoms with Crippen LogP contribution in [0.25, 0.3) is 74.7 Å². The summed E-state index contributed by atoms with van der Waals surface area (Å²) in [5, 5.41) is 10.4. The molecule has 0 aliphatic heterocycles. The Bertz CT molecular complexity index is 2850. The molecule has 234 valence electrons. The van der Waals surface area contributed by atoms with Gasteiger partial charge in [0, 0.05) is 42.6 Å². The van der Waals surface area contributed by atoms with Gasteiger partial charge in [-0.2, -0.15) is 0 Å². The normalized spacial score (nSPS) is 11.6. The first-order valence-electron chi connectivity index (χ1n) is 17.1. The maximum absolute atomic E-state index is 2.37. The molecule has 0 amide bonds. The lowest BCUT2D eigenvalue weighted by molar-refractivity contribution is 1.28. The lowest BCUT2D eigenvalue weighted by Crippen LogP contribution is -2.09. The van der Waals surface area contributed by atoms with Gasteiger partial charge in [-0.15, -0.1) is 11.3 Å². The van der Waals surface area contributed by atoms with Gasteiger partial charge in [-0.3, -0.25) is 0 Å². The number of benzene rings is 9. The van der Waals surface area contributed by atoms with Crippen molar-refractivity contribution < 1.29 is 0 Å². The summed E-state index contributed by atoms with van der Waals surface area (Å²) in [5.74, 6) is 0. The van der Waals surface area contributed by atoms with E-state index in [-0.39, 0.29) is 0 Å². The number of hydrogen-bond donors (Lipinski definition) is 0. The first kappa shape index (κ1) is 28.8. The van der Waals surface area contributed by atoms with Crippen molar-refractivity contribution in [2.45, 2.75) is 0 Å². The molecule has 0 N–H and O–H groups in total. The molecule has 50 heavy (non-hydrogen) atoms. The fraction of sp³-hybridized carbons (Fsp3) is 0. The molecule has 10 aromatic rings. The number of thiophene rings is 1. The quantitative estimate of drug-likeness (QED) is 0.167. The largest absolute Gasteiger partial charge is 0.311 e. The second-order valence-corrected chi connectivity index (χ2v) is 14.0. The maximum atomic E-state index is 2.37. The molecule has 0 fully saturated rings. The molecule has 10 rings (SSSR count). The highest BCUT2D eigenvalue weighted by molar-refractivity contribution is 7.26. The fourth-order valence-electron chi connectivity index (χ4n) is 7.59. The average Bonchev–Trinajstić information content (AvgIpc) is 3.58. The molecule has 9 aromatic carbocycles. The first-order valence-corrected chi connectivity index (χ1v) is 17.9. The van der Waals surface area contributed by atoms with Gasteiger partial charge >= 0.3 is 0 Å². The van der Waals surface area contributed by atoms with Gasteiger partial charge in [0.1, 0.15) is 0 Å². The van der Waals surface area contributed by atoms with Gasteiger partial charge in [0.2, 0.25) is 0 Å². The van der Waals surface area contributed by atoms with E-state index in [0.717, 1.165) is 17.1 Å². The van der Waals surface area contributed by atoms with E-state index < -0.39 is 0 Å². The molecular formula is C48H31NS. The topological polar surface area (TPSA) is 3.24 Å². The zero-order chi connectivity index (χ0) is 33.0. The summed E-state index contributed by atoms with van der Waals surface area (Å²) in [7, 11) is 0. The van der Waals surface area contributed by atoms with Crippen molar-refractivity contribution in [3.8, 4) is 22.3 Å². The van der Waals surface area contributed by atoms with Crippen LogP contribution in [0.3, 0.4) is 0 Å². The second-order valence-electron chi connectivity index (χ2n) is 12.9. The number of hydrogen-bond acceptors (Lipinski definition) is 2. The van der Waals surface area contributed by atoms with Crippen LogP contribution < -0.4 is 4.90 Å². The third kappa shape index (κ3) is 4.76. The van der Waals surface area contributed by atoms with Crippen molar-refractivity contribution in [1.29, 1.82) is 0 Å². The molecule has 0 spiro atoms. The van der Waals surface area contributed by atoms with E-state index in [1.807, 2.05) is 11.3 Å². The van der Waals surface area contributed by atoms with E-state index in [0.29, 0.717) is 0 Å². The van der Waals surface area contributed by atoms with Gasteiger partial charge < -0.3 is 4.90 Å². The Hall–Kier alpha value is -6.22. The molecule has 1 aromatic heterocycles. The van der Waals surface area contributed by atoms with E-state index in [2.05, 4.69) is 193 Å². The zero-order valence-electron chi connectivity index (χ0n) is 27.3. The molecule has 0 saturated carbocycles. The summed E-state index contributed by atoms with van der Waals surface area (Å²) in [6, 6.07) is 68.6. The molecule has 0 bridgehead atoms. The van der Waals surface area contributed by atoms with Crippen LogP contribution in [0.4, 0.5) is 17.1 Å². The van der Waals surface area contributed by atoms with Crippen LogP contribution in [0.15, 0.2) is 188 Å². The Morgan fingerprint density at radius 1 is 0.320 bits per heavy atom. The average molecular weight is 654 g/mol. The summed E-state index contributed by atoms with van der Waals surface area (Å²) in [5.41, 5.74) is 8.27. The van der Waals surface area contributed by atoms with E-state index >= 15 is 0 Å². The molecule has 0 aliphatic carbocycles. The zero-order valence-corrected chi connectivity index (χ0v) is 28.1. The van der Waals surface area contributed by atoms with Crippen LogP contribution in [-0.4, -0.2) is 0 Å². The fourth-order valence-corrected chi connectivity index (χ4v) is 8.82. The molecular weight excluding hydrogens is 623 g/mol. The smallest absolute Gasteiger partial charge is 0.0462 e. The lowest BCUT2D eigenvalue weighted by Gasteiger charge is -2.26. The summed E-state index contributed by atoms with van der Waals surface area (Å²) in [6.45, 7) is 0. The van der Waals surface area contributed by atoms with Crippen molar-refractivity contribution in [1.82, 2.24) is 0 Å². The lowest BCUT2D eigenvalue weighted by atomic mass is 9.93. The van der Waals surface area contributed by atoms with Gasteiger partial charge in [-0.25, -0.2) is 0 Å². The predicted octanol–water partition coefficient (Wildman–Crippen LogP) is 14.3. The van der Waals surface area contributed by atoms with E-state index in [1.54, 1.807) is 0 Å². The number of rotatable bonds is 5. The van der Waals surface area contributed by atoms with E-state index in [4.69, 9.17) is 0 Å². The monoisotopic (exact) mass is 653 g/mol. The predicted molar refractivity (Wildman–Crippen MR) is 217 cm³/mol. The first-order chi connectivity index (χ1) is 24.8. The van der Waals surface area contributed by atoms with Gasteiger partial charge in [-0.1, -0.05) is 133 Å². The third-order valence-electron chi connectivity index (χ3n) is 10.0. The molecule has 0 aliphatic rings. The molecule has 1 nitrogen and oxygen atoms in total. The van der Waals surface area contributed by atoms with Crippen molar-refractivity contribution in [3.63, 3.8) is 0 Å². The van der Waals surface area contributed by atoms with Crippen molar-refractivity contribution in [2.75, 3.05) is 4.90 Å². The summed E-state index contributed by atoms with van der Waals surface area (Å²) in [4.78, 5) is 2.34. The number of fused-ring (bicyclic) bond motifs is 8. The molecule has 0 radical (unpaired) electrons. The number of nitrogens with zero attached hydrogens (tertiary/aromatic N) is 1. The van der Waals surface area contributed by atoms with Gasteiger partial charge in [0.25, 0.3) is 0 Å². The van der Waals surface area contributed by atoms with Crippen LogP contribution in [0.1, 0.15) is 0 Å².